The third-order valence-electron chi connectivity index (χ3n) is 2.62. The average Bonchev–Trinajstić information content (AvgIpc) is 2.75. The Kier molecular flexibility index (Phi) is 3.07. The number of rotatable bonds is 1. The minimum absolute atomic E-state index is 0. The Morgan fingerprint density at radius 3 is 2.71 bits per heavy atom. The molecule has 0 atom stereocenters. The van der Waals surface area contributed by atoms with E-state index in [4.69, 9.17) is 0 Å². The first-order valence-electron chi connectivity index (χ1n) is 4.92. The fourth-order valence-corrected chi connectivity index (χ4v) is 1.88. The first-order chi connectivity index (χ1) is 7.77. The molecule has 3 aromatic rings. The van der Waals surface area contributed by atoms with Crippen molar-refractivity contribution in [2.75, 3.05) is 0 Å². The van der Waals surface area contributed by atoms with E-state index < -0.39 is 0 Å². The molecule has 2 heterocycles. The Morgan fingerprint density at radius 1 is 1.29 bits per heavy atom. The molecule has 5 heteroatoms. The monoisotopic (exact) mass is 394 g/mol. The molecule has 0 spiro atoms. The molecule has 0 aliphatic rings. The van der Waals surface area contributed by atoms with E-state index in [1.54, 1.807) is 17.5 Å². The second-order valence-corrected chi connectivity index (χ2v) is 3.64. The maximum absolute atomic E-state index is 11.6. The van der Waals surface area contributed by atoms with E-state index in [0.29, 0.717) is 5.56 Å². The van der Waals surface area contributed by atoms with Gasteiger partial charge in [-0.3, -0.25) is 4.79 Å². The average molecular weight is 394 g/mol. The van der Waals surface area contributed by atoms with Crippen molar-refractivity contribution in [3.05, 3.63) is 42.4 Å². The topological polar surface area (TPSA) is 47.3 Å². The summed E-state index contributed by atoms with van der Waals surface area (Å²) in [6, 6.07) is 7.67. The van der Waals surface area contributed by atoms with Crippen LogP contribution in [-0.4, -0.2) is 20.4 Å². The van der Waals surface area contributed by atoms with Gasteiger partial charge in [0.05, 0.1) is 5.65 Å². The van der Waals surface area contributed by atoms with E-state index in [-0.39, 0.29) is 26.8 Å². The van der Waals surface area contributed by atoms with Crippen molar-refractivity contribution in [1.29, 1.82) is 0 Å². The van der Waals surface area contributed by atoms with Crippen LogP contribution in [0.15, 0.2) is 30.5 Å². The number of aromatic nitrogens is 3. The van der Waals surface area contributed by atoms with Crippen molar-refractivity contribution in [3.8, 4) is 0 Å². The first-order valence-corrected chi connectivity index (χ1v) is 4.92. The molecule has 0 bridgehead atoms. The SMILES string of the molecule is CC(=O)c1cn2[c-]nnc2c2ccccc12.[W]. The Balaban J connectivity index is 0.00000108. The van der Waals surface area contributed by atoms with Gasteiger partial charge < -0.3 is 4.40 Å². The summed E-state index contributed by atoms with van der Waals surface area (Å²) in [5.74, 6) is 0.0280. The third-order valence-corrected chi connectivity index (χ3v) is 2.62. The number of pyridine rings is 1. The quantitative estimate of drug-likeness (QED) is 0.468. The van der Waals surface area contributed by atoms with E-state index in [1.165, 1.54) is 0 Å². The predicted molar refractivity (Wildman–Crippen MR) is 59.3 cm³/mol. The van der Waals surface area contributed by atoms with E-state index in [2.05, 4.69) is 16.5 Å². The standard InChI is InChI=1S/C12H8N3O.W/c1-8(16)11-6-15-7-13-14-12(15)10-5-3-2-4-9(10)11;/h2-6H,1H3;/q-1;. The summed E-state index contributed by atoms with van der Waals surface area (Å²) in [6.45, 7) is 1.55. The largest absolute Gasteiger partial charge is 0.449 e. The zero-order chi connectivity index (χ0) is 11.1. The Morgan fingerprint density at radius 2 is 2.00 bits per heavy atom. The van der Waals surface area contributed by atoms with Crippen LogP contribution >= 0.6 is 0 Å². The summed E-state index contributed by atoms with van der Waals surface area (Å²) in [7, 11) is 0. The molecule has 17 heavy (non-hydrogen) atoms. The number of carbonyl (C=O) groups excluding carboxylic acids is 1. The summed E-state index contributed by atoms with van der Waals surface area (Å²) in [5, 5.41) is 9.55. The summed E-state index contributed by atoms with van der Waals surface area (Å²) in [4.78, 5) is 11.6. The van der Waals surface area contributed by atoms with Crippen LogP contribution in [0.4, 0.5) is 0 Å². The number of ketones is 1. The number of Topliss-reactive ketones (excluding diaryl/α,β-unsaturated/α-hetero) is 1. The first kappa shape index (κ1) is 11.9. The van der Waals surface area contributed by atoms with E-state index >= 15 is 0 Å². The molecule has 0 radical (unpaired) electrons. The Hall–Kier alpha value is -1.54. The van der Waals surface area contributed by atoms with Crippen molar-refractivity contribution < 1.29 is 25.9 Å². The van der Waals surface area contributed by atoms with Crippen molar-refractivity contribution in [2.45, 2.75) is 6.92 Å². The van der Waals surface area contributed by atoms with E-state index in [1.807, 2.05) is 24.3 Å². The van der Waals surface area contributed by atoms with Crippen molar-refractivity contribution in [3.63, 3.8) is 0 Å². The molecular formula is C12H8N3OW-. The fraction of sp³-hybridized carbons (Fsp3) is 0.0833. The van der Waals surface area contributed by atoms with Crippen molar-refractivity contribution in [2.24, 2.45) is 0 Å². The minimum atomic E-state index is 0. The maximum Gasteiger partial charge on any atom is 0.149 e. The summed E-state index contributed by atoms with van der Waals surface area (Å²) < 4.78 is 1.65. The van der Waals surface area contributed by atoms with Crippen molar-refractivity contribution >= 4 is 22.2 Å². The van der Waals surface area contributed by atoms with Gasteiger partial charge in [-0.05, 0) is 23.3 Å². The molecule has 0 aliphatic carbocycles. The van der Waals surface area contributed by atoms with Crippen LogP contribution in [0.25, 0.3) is 16.4 Å². The second-order valence-electron chi connectivity index (χ2n) is 3.64. The van der Waals surface area contributed by atoms with Gasteiger partial charge in [0.15, 0.2) is 0 Å². The van der Waals surface area contributed by atoms with E-state index in [9.17, 15) is 4.79 Å². The van der Waals surface area contributed by atoms with Gasteiger partial charge in [-0.2, -0.15) is 0 Å². The molecule has 0 aliphatic heterocycles. The van der Waals surface area contributed by atoms with Crippen LogP contribution in [0.2, 0.25) is 0 Å². The normalized spacial score (nSPS) is 10.4. The summed E-state index contributed by atoms with van der Waals surface area (Å²) in [6.07, 6.45) is 4.43. The minimum Gasteiger partial charge on any atom is -0.449 e. The molecule has 84 valence electrons. The molecular weight excluding hydrogens is 386 g/mol. The van der Waals surface area contributed by atoms with Crippen LogP contribution in [0.1, 0.15) is 17.3 Å². The van der Waals surface area contributed by atoms with E-state index in [0.717, 1.165) is 16.4 Å². The zero-order valence-electron chi connectivity index (χ0n) is 9.04. The van der Waals surface area contributed by atoms with Gasteiger partial charge in [0, 0.05) is 27.4 Å². The molecule has 3 rings (SSSR count). The van der Waals surface area contributed by atoms with Gasteiger partial charge in [0.25, 0.3) is 0 Å². The Labute approximate surface area is 112 Å². The smallest absolute Gasteiger partial charge is 0.149 e. The molecule has 0 N–H and O–H groups in total. The number of benzene rings is 1. The van der Waals surface area contributed by atoms with Gasteiger partial charge in [0.2, 0.25) is 0 Å². The van der Waals surface area contributed by atoms with Gasteiger partial charge >= 0.3 is 0 Å². The van der Waals surface area contributed by atoms with Gasteiger partial charge in [0.1, 0.15) is 5.78 Å². The molecule has 0 unspecified atom stereocenters. The van der Waals surface area contributed by atoms with Gasteiger partial charge in [-0.15, -0.1) is 0 Å². The summed E-state index contributed by atoms with van der Waals surface area (Å²) in [5.41, 5.74) is 1.39. The number of fused-ring (bicyclic) bond motifs is 3. The molecule has 2 aromatic heterocycles. The molecule has 0 fully saturated rings. The van der Waals surface area contributed by atoms with Gasteiger partial charge in [-0.1, -0.05) is 30.5 Å². The van der Waals surface area contributed by atoms with Crippen LogP contribution < -0.4 is 0 Å². The molecule has 0 amide bonds. The van der Waals surface area contributed by atoms with Gasteiger partial charge in [-0.25, -0.2) is 10.2 Å². The second kappa shape index (κ2) is 4.38. The van der Waals surface area contributed by atoms with Crippen molar-refractivity contribution in [1.82, 2.24) is 14.6 Å². The fourth-order valence-electron chi connectivity index (χ4n) is 1.88. The van der Waals surface area contributed by atoms with Crippen LogP contribution in [0.3, 0.4) is 0 Å². The van der Waals surface area contributed by atoms with Crippen LogP contribution in [0.5, 0.6) is 0 Å². The Bertz CT molecular complexity index is 705. The number of hydrogen-bond donors (Lipinski definition) is 0. The molecule has 0 saturated heterocycles. The van der Waals surface area contributed by atoms with Crippen LogP contribution in [0, 0.1) is 6.33 Å². The number of hydrogen-bond acceptors (Lipinski definition) is 3. The maximum atomic E-state index is 11.6. The summed E-state index contributed by atoms with van der Waals surface area (Å²) >= 11 is 0. The molecule has 0 saturated carbocycles. The third kappa shape index (κ3) is 1.78. The number of nitrogens with zero attached hydrogens (tertiary/aromatic N) is 3. The molecule has 1 aromatic carbocycles. The van der Waals surface area contributed by atoms with Crippen LogP contribution in [-0.2, 0) is 21.1 Å². The number of carbonyl (C=O) groups is 1. The zero-order valence-corrected chi connectivity index (χ0v) is 12.0. The molecule has 4 nitrogen and oxygen atoms in total. The predicted octanol–water partition coefficient (Wildman–Crippen LogP) is 1.88.